The fourth-order valence-corrected chi connectivity index (χ4v) is 1.68. The fourth-order valence-electron chi connectivity index (χ4n) is 1.68. The number of ether oxygens (including phenoxy) is 1. The van der Waals surface area contributed by atoms with Gasteiger partial charge in [-0.25, -0.2) is 8.78 Å². The lowest BCUT2D eigenvalue weighted by molar-refractivity contribution is 0.194. The van der Waals surface area contributed by atoms with Crippen LogP contribution in [0.1, 0.15) is 24.2 Å². The first-order valence-corrected chi connectivity index (χ1v) is 5.91. The van der Waals surface area contributed by atoms with E-state index in [9.17, 15) is 13.9 Å². The molecule has 4 heteroatoms. The monoisotopic (exact) mass is 264 g/mol. The maximum atomic E-state index is 13.6. The van der Waals surface area contributed by atoms with E-state index < -0.39 is 11.9 Å². The summed E-state index contributed by atoms with van der Waals surface area (Å²) in [4.78, 5) is 0. The third-order valence-corrected chi connectivity index (χ3v) is 2.74. The molecule has 0 spiro atoms. The van der Waals surface area contributed by atoms with E-state index in [1.807, 2.05) is 0 Å². The lowest BCUT2D eigenvalue weighted by Gasteiger charge is -2.10. The van der Waals surface area contributed by atoms with Gasteiger partial charge in [0.2, 0.25) is 0 Å². The number of rotatable bonds is 4. The second-order valence-corrected chi connectivity index (χ2v) is 4.27. The van der Waals surface area contributed by atoms with Gasteiger partial charge in [-0.15, -0.1) is 0 Å². The van der Waals surface area contributed by atoms with E-state index in [2.05, 4.69) is 0 Å². The molecule has 0 aliphatic carbocycles. The zero-order chi connectivity index (χ0) is 13.8. The van der Waals surface area contributed by atoms with Gasteiger partial charge in [-0.05, 0) is 36.8 Å². The molecule has 0 aliphatic rings. The number of aliphatic hydroxyl groups is 1. The Balaban J connectivity index is 2.04. The molecule has 0 aliphatic heterocycles. The Morgan fingerprint density at radius 2 is 1.79 bits per heavy atom. The van der Waals surface area contributed by atoms with Crippen LogP contribution < -0.4 is 4.74 Å². The van der Waals surface area contributed by atoms with Gasteiger partial charge in [0, 0.05) is 11.6 Å². The third-order valence-electron chi connectivity index (χ3n) is 2.74. The van der Waals surface area contributed by atoms with Gasteiger partial charge in [-0.3, -0.25) is 0 Å². The van der Waals surface area contributed by atoms with Crippen molar-refractivity contribution in [1.29, 1.82) is 0 Å². The van der Waals surface area contributed by atoms with Crippen molar-refractivity contribution >= 4 is 0 Å². The van der Waals surface area contributed by atoms with Crippen LogP contribution in [-0.4, -0.2) is 5.11 Å². The molecule has 0 bridgehead atoms. The van der Waals surface area contributed by atoms with Crippen molar-refractivity contribution in [3.8, 4) is 5.75 Å². The standard InChI is InChI=1S/C15H14F2O2/c1-10(18)14-7-6-13(8-15(14)17)19-9-11-2-4-12(16)5-3-11/h2-8,10,18H,9H2,1H3/t10-/m1/s1. The molecule has 0 aromatic heterocycles. The number of hydrogen-bond donors (Lipinski definition) is 1. The summed E-state index contributed by atoms with van der Waals surface area (Å²) < 4.78 is 31.7. The second kappa shape index (κ2) is 5.80. The van der Waals surface area contributed by atoms with E-state index in [1.54, 1.807) is 18.2 Å². The summed E-state index contributed by atoms with van der Waals surface area (Å²) in [5.74, 6) is -0.450. The molecule has 2 rings (SSSR count). The summed E-state index contributed by atoms with van der Waals surface area (Å²) in [6.07, 6.45) is -0.855. The minimum absolute atomic E-state index is 0.230. The van der Waals surface area contributed by atoms with Crippen molar-refractivity contribution in [1.82, 2.24) is 0 Å². The molecule has 0 amide bonds. The van der Waals surface area contributed by atoms with Crippen LogP contribution in [0.5, 0.6) is 5.75 Å². The average molecular weight is 264 g/mol. The van der Waals surface area contributed by atoms with Crippen LogP contribution in [0.25, 0.3) is 0 Å². The zero-order valence-corrected chi connectivity index (χ0v) is 10.4. The first-order valence-electron chi connectivity index (χ1n) is 5.91. The van der Waals surface area contributed by atoms with Crippen LogP contribution in [-0.2, 0) is 6.61 Å². The SMILES string of the molecule is C[C@@H](O)c1ccc(OCc2ccc(F)cc2)cc1F. The number of aliphatic hydroxyl groups excluding tert-OH is 1. The van der Waals surface area contributed by atoms with Crippen molar-refractivity contribution in [2.75, 3.05) is 0 Å². The number of hydrogen-bond acceptors (Lipinski definition) is 2. The lowest BCUT2D eigenvalue weighted by atomic mass is 10.1. The van der Waals surface area contributed by atoms with E-state index >= 15 is 0 Å². The van der Waals surface area contributed by atoms with Gasteiger partial charge >= 0.3 is 0 Å². The molecule has 0 unspecified atom stereocenters. The van der Waals surface area contributed by atoms with Crippen LogP contribution in [0.2, 0.25) is 0 Å². The Morgan fingerprint density at radius 1 is 1.11 bits per heavy atom. The number of halogens is 2. The second-order valence-electron chi connectivity index (χ2n) is 4.27. The molecule has 19 heavy (non-hydrogen) atoms. The van der Waals surface area contributed by atoms with Gasteiger partial charge in [0.25, 0.3) is 0 Å². The van der Waals surface area contributed by atoms with Gasteiger partial charge in [0.1, 0.15) is 24.0 Å². The third kappa shape index (κ3) is 3.51. The predicted molar refractivity (Wildman–Crippen MR) is 67.8 cm³/mol. The van der Waals surface area contributed by atoms with Crippen molar-refractivity contribution < 1.29 is 18.6 Å². The Morgan fingerprint density at radius 3 is 2.37 bits per heavy atom. The molecule has 0 heterocycles. The molecule has 2 aromatic carbocycles. The molecule has 0 radical (unpaired) electrons. The molecule has 1 N–H and O–H groups in total. The Kier molecular flexibility index (Phi) is 4.12. The largest absolute Gasteiger partial charge is 0.489 e. The van der Waals surface area contributed by atoms with Gasteiger partial charge < -0.3 is 9.84 Å². The Labute approximate surface area is 110 Å². The van der Waals surface area contributed by atoms with Crippen molar-refractivity contribution in [3.63, 3.8) is 0 Å². The first kappa shape index (κ1) is 13.5. The molecule has 1 atom stereocenters. The van der Waals surface area contributed by atoms with E-state index in [-0.39, 0.29) is 18.0 Å². The normalized spacial score (nSPS) is 12.2. The maximum absolute atomic E-state index is 13.6. The van der Waals surface area contributed by atoms with Crippen molar-refractivity contribution in [3.05, 3.63) is 65.2 Å². The van der Waals surface area contributed by atoms with E-state index in [0.717, 1.165) is 5.56 Å². The van der Waals surface area contributed by atoms with Crippen LogP contribution >= 0.6 is 0 Å². The smallest absolute Gasteiger partial charge is 0.132 e. The molecule has 0 saturated heterocycles. The summed E-state index contributed by atoms with van der Waals surface area (Å²) in [6.45, 7) is 1.73. The van der Waals surface area contributed by atoms with Crippen LogP contribution in [0.15, 0.2) is 42.5 Å². The molecule has 2 nitrogen and oxygen atoms in total. The highest BCUT2D eigenvalue weighted by Crippen LogP contribution is 2.22. The van der Waals surface area contributed by atoms with E-state index in [1.165, 1.54) is 31.2 Å². The highest BCUT2D eigenvalue weighted by atomic mass is 19.1. The van der Waals surface area contributed by atoms with E-state index in [0.29, 0.717) is 5.75 Å². The molecule has 0 fully saturated rings. The minimum atomic E-state index is -0.855. The van der Waals surface area contributed by atoms with Crippen LogP contribution in [0, 0.1) is 11.6 Å². The summed E-state index contributed by atoms with van der Waals surface area (Å²) in [7, 11) is 0. The van der Waals surface area contributed by atoms with Crippen LogP contribution in [0.4, 0.5) is 8.78 Å². The predicted octanol–water partition coefficient (Wildman–Crippen LogP) is 3.60. The minimum Gasteiger partial charge on any atom is -0.489 e. The molecule has 2 aromatic rings. The zero-order valence-electron chi connectivity index (χ0n) is 10.4. The molecular formula is C15H14F2O2. The Hall–Kier alpha value is -1.94. The van der Waals surface area contributed by atoms with Gasteiger partial charge in [0.15, 0.2) is 0 Å². The van der Waals surface area contributed by atoms with Gasteiger partial charge in [0.05, 0.1) is 6.10 Å². The molecular weight excluding hydrogens is 250 g/mol. The molecule has 0 saturated carbocycles. The highest BCUT2D eigenvalue weighted by molar-refractivity contribution is 5.30. The summed E-state index contributed by atoms with van der Waals surface area (Å²) in [6, 6.07) is 10.2. The lowest BCUT2D eigenvalue weighted by Crippen LogP contribution is -1.99. The summed E-state index contributed by atoms with van der Waals surface area (Å²) in [5.41, 5.74) is 1.02. The van der Waals surface area contributed by atoms with Crippen molar-refractivity contribution in [2.24, 2.45) is 0 Å². The first-order chi connectivity index (χ1) is 9.06. The molecule has 100 valence electrons. The average Bonchev–Trinajstić information content (AvgIpc) is 2.37. The van der Waals surface area contributed by atoms with Crippen molar-refractivity contribution in [2.45, 2.75) is 19.6 Å². The summed E-state index contributed by atoms with van der Waals surface area (Å²) in [5, 5.41) is 9.31. The summed E-state index contributed by atoms with van der Waals surface area (Å²) >= 11 is 0. The fraction of sp³-hybridized carbons (Fsp3) is 0.200. The van der Waals surface area contributed by atoms with Gasteiger partial charge in [-0.2, -0.15) is 0 Å². The topological polar surface area (TPSA) is 29.5 Å². The van der Waals surface area contributed by atoms with E-state index in [4.69, 9.17) is 4.74 Å². The maximum Gasteiger partial charge on any atom is 0.132 e. The quantitative estimate of drug-likeness (QED) is 0.914. The van der Waals surface area contributed by atoms with Crippen LogP contribution in [0.3, 0.4) is 0 Å². The highest BCUT2D eigenvalue weighted by Gasteiger charge is 2.09. The Bertz CT molecular complexity index is 551. The number of benzene rings is 2. The van der Waals surface area contributed by atoms with Gasteiger partial charge in [-0.1, -0.05) is 12.1 Å².